The summed E-state index contributed by atoms with van der Waals surface area (Å²) in [5.41, 5.74) is 0.875. The fourth-order valence-corrected chi connectivity index (χ4v) is 1.72. The summed E-state index contributed by atoms with van der Waals surface area (Å²) in [7, 11) is 0. The summed E-state index contributed by atoms with van der Waals surface area (Å²) in [6.45, 7) is 1.14. The monoisotopic (exact) mass is 284 g/mol. The Kier molecular flexibility index (Phi) is 3.69. The first-order chi connectivity index (χ1) is 7.75. The van der Waals surface area contributed by atoms with E-state index in [0.717, 1.165) is 15.8 Å². The fourth-order valence-electron chi connectivity index (χ4n) is 1.33. The van der Waals surface area contributed by atoms with Crippen LogP contribution in [-0.4, -0.2) is 5.16 Å². The van der Waals surface area contributed by atoms with E-state index in [9.17, 15) is 4.39 Å². The van der Waals surface area contributed by atoms with Crippen LogP contribution < -0.4 is 5.32 Å². The minimum atomic E-state index is -0.236. The molecule has 1 heterocycles. The lowest BCUT2D eigenvalue weighted by Crippen LogP contribution is -2.12. The molecular weight excluding hydrogens is 275 g/mol. The predicted molar refractivity (Wildman–Crippen MR) is 61.1 cm³/mol. The van der Waals surface area contributed by atoms with Crippen molar-refractivity contribution in [2.45, 2.75) is 13.1 Å². The zero-order valence-corrected chi connectivity index (χ0v) is 10.00. The Labute approximate surface area is 101 Å². The lowest BCUT2D eigenvalue weighted by Gasteiger charge is -2.05. The highest BCUT2D eigenvalue weighted by Gasteiger charge is 2.02. The SMILES string of the molecule is Fc1ccc(Br)c(CNCc2ccno2)c1. The van der Waals surface area contributed by atoms with Crippen LogP contribution in [0.1, 0.15) is 11.3 Å². The van der Waals surface area contributed by atoms with E-state index in [0.29, 0.717) is 13.1 Å². The van der Waals surface area contributed by atoms with Gasteiger partial charge >= 0.3 is 0 Å². The van der Waals surface area contributed by atoms with Crippen molar-refractivity contribution in [2.24, 2.45) is 0 Å². The zero-order chi connectivity index (χ0) is 11.4. The highest BCUT2D eigenvalue weighted by molar-refractivity contribution is 9.10. The van der Waals surface area contributed by atoms with Crippen molar-refractivity contribution in [3.05, 3.63) is 52.1 Å². The van der Waals surface area contributed by atoms with Crippen LogP contribution in [0.2, 0.25) is 0 Å². The van der Waals surface area contributed by atoms with Crippen LogP contribution in [0.15, 0.2) is 39.5 Å². The van der Waals surface area contributed by atoms with Gasteiger partial charge in [0.2, 0.25) is 0 Å². The maximum absolute atomic E-state index is 13.0. The van der Waals surface area contributed by atoms with Gasteiger partial charge in [-0.05, 0) is 23.8 Å². The Morgan fingerprint density at radius 1 is 1.31 bits per heavy atom. The van der Waals surface area contributed by atoms with Crippen molar-refractivity contribution in [3.8, 4) is 0 Å². The summed E-state index contributed by atoms with van der Waals surface area (Å²) in [5, 5.41) is 6.74. The van der Waals surface area contributed by atoms with Crippen molar-refractivity contribution in [3.63, 3.8) is 0 Å². The minimum Gasteiger partial charge on any atom is -0.360 e. The van der Waals surface area contributed by atoms with Crippen molar-refractivity contribution in [2.75, 3.05) is 0 Å². The molecule has 0 saturated carbocycles. The summed E-state index contributed by atoms with van der Waals surface area (Å²) >= 11 is 3.37. The molecule has 16 heavy (non-hydrogen) atoms. The van der Waals surface area contributed by atoms with E-state index in [-0.39, 0.29) is 5.82 Å². The van der Waals surface area contributed by atoms with Crippen LogP contribution in [0.25, 0.3) is 0 Å². The normalized spacial score (nSPS) is 10.6. The molecule has 1 aromatic heterocycles. The summed E-state index contributed by atoms with van der Waals surface area (Å²) in [6, 6.07) is 6.40. The number of halogens is 2. The van der Waals surface area contributed by atoms with Gasteiger partial charge in [-0.2, -0.15) is 0 Å². The minimum absolute atomic E-state index is 0.236. The van der Waals surface area contributed by atoms with E-state index in [1.807, 2.05) is 0 Å². The molecule has 0 aliphatic rings. The molecule has 0 saturated heterocycles. The standard InChI is InChI=1S/C11H10BrFN2O/c12-11-2-1-9(13)5-8(11)6-14-7-10-3-4-15-16-10/h1-5,14H,6-7H2. The van der Waals surface area contributed by atoms with Gasteiger partial charge < -0.3 is 9.84 Å². The summed E-state index contributed by atoms with van der Waals surface area (Å²) in [5.74, 6) is 0.521. The lowest BCUT2D eigenvalue weighted by molar-refractivity contribution is 0.372. The molecule has 1 N–H and O–H groups in total. The predicted octanol–water partition coefficient (Wildman–Crippen LogP) is 2.87. The van der Waals surface area contributed by atoms with Gasteiger partial charge in [-0.15, -0.1) is 0 Å². The van der Waals surface area contributed by atoms with E-state index in [1.54, 1.807) is 18.3 Å². The van der Waals surface area contributed by atoms with E-state index in [1.165, 1.54) is 12.1 Å². The zero-order valence-electron chi connectivity index (χ0n) is 8.41. The average molecular weight is 285 g/mol. The van der Waals surface area contributed by atoms with Crippen LogP contribution in [-0.2, 0) is 13.1 Å². The molecule has 0 fully saturated rings. The Bertz CT molecular complexity index is 459. The van der Waals surface area contributed by atoms with Gasteiger partial charge in [-0.1, -0.05) is 21.1 Å². The molecular formula is C11H10BrFN2O. The number of nitrogens with one attached hydrogen (secondary N) is 1. The van der Waals surface area contributed by atoms with Crippen LogP contribution in [0.3, 0.4) is 0 Å². The Hall–Kier alpha value is -1.20. The highest BCUT2D eigenvalue weighted by atomic mass is 79.9. The molecule has 0 amide bonds. The number of nitrogens with zero attached hydrogens (tertiary/aromatic N) is 1. The number of aromatic nitrogens is 1. The first-order valence-electron chi connectivity index (χ1n) is 4.80. The second-order valence-electron chi connectivity index (χ2n) is 3.32. The molecule has 1 aromatic carbocycles. The van der Waals surface area contributed by atoms with Gasteiger partial charge in [0, 0.05) is 17.1 Å². The van der Waals surface area contributed by atoms with Crippen LogP contribution in [0, 0.1) is 5.82 Å². The van der Waals surface area contributed by atoms with E-state index in [4.69, 9.17) is 4.52 Å². The maximum atomic E-state index is 13.0. The van der Waals surface area contributed by atoms with Gasteiger partial charge in [0.25, 0.3) is 0 Å². The third kappa shape index (κ3) is 2.90. The third-order valence-electron chi connectivity index (χ3n) is 2.11. The maximum Gasteiger partial charge on any atom is 0.150 e. The molecule has 0 spiro atoms. The van der Waals surface area contributed by atoms with Crippen LogP contribution in [0.4, 0.5) is 4.39 Å². The second kappa shape index (κ2) is 5.23. The van der Waals surface area contributed by atoms with Crippen molar-refractivity contribution in [1.82, 2.24) is 10.5 Å². The number of benzene rings is 1. The average Bonchev–Trinajstić information content (AvgIpc) is 2.76. The topological polar surface area (TPSA) is 38.1 Å². The van der Waals surface area contributed by atoms with Gasteiger partial charge in [0.05, 0.1) is 12.7 Å². The largest absolute Gasteiger partial charge is 0.360 e. The van der Waals surface area contributed by atoms with E-state index >= 15 is 0 Å². The molecule has 0 aliphatic heterocycles. The molecule has 5 heteroatoms. The number of hydrogen-bond donors (Lipinski definition) is 1. The summed E-state index contributed by atoms with van der Waals surface area (Å²) < 4.78 is 18.8. The number of rotatable bonds is 4. The van der Waals surface area contributed by atoms with Crippen molar-refractivity contribution < 1.29 is 8.91 Å². The second-order valence-corrected chi connectivity index (χ2v) is 4.17. The third-order valence-corrected chi connectivity index (χ3v) is 2.89. The van der Waals surface area contributed by atoms with Crippen molar-refractivity contribution >= 4 is 15.9 Å². The first-order valence-corrected chi connectivity index (χ1v) is 5.59. The molecule has 0 aliphatic carbocycles. The smallest absolute Gasteiger partial charge is 0.150 e. The van der Waals surface area contributed by atoms with Crippen molar-refractivity contribution in [1.29, 1.82) is 0 Å². The van der Waals surface area contributed by atoms with E-state index < -0.39 is 0 Å². The van der Waals surface area contributed by atoms with Crippen LogP contribution >= 0.6 is 15.9 Å². The molecule has 0 unspecified atom stereocenters. The van der Waals surface area contributed by atoms with Gasteiger partial charge in [-0.3, -0.25) is 0 Å². The molecule has 84 valence electrons. The van der Waals surface area contributed by atoms with Gasteiger partial charge in [0.15, 0.2) is 0 Å². The highest BCUT2D eigenvalue weighted by Crippen LogP contribution is 2.17. The van der Waals surface area contributed by atoms with Crippen LogP contribution in [0.5, 0.6) is 0 Å². The number of hydrogen-bond acceptors (Lipinski definition) is 3. The lowest BCUT2D eigenvalue weighted by atomic mass is 10.2. The summed E-state index contributed by atoms with van der Waals surface area (Å²) in [4.78, 5) is 0. The Morgan fingerprint density at radius 2 is 2.19 bits per heavy atom. The van der Waals surface area contributed by atoms with E-state index in [2.05, 4.69) is 26.4 Å². The van der Waals surface area contributed by atoms with Gasteiger partial charge in [0.1, 0.15) is 11.6 Å². The Balaban J connectivity index is 1.92. The Morgan fingerprint density at radius 3 is 2.94 bits per heavy atom. The van der Waals surface area contributed by atoms with Gasteiger partial charge in [-0.25, -0.2) is 4.39 Å². The molecule has 2 aromatic rings. The molecule has 0 bridgehead atoms. The molecule has 3 nitrogen and oxygen atoms in total. The molecule has 0 atom stereocenters. The summed E-state index contributed by atoms with van der Waals surface area (Å²) in [6.07, 6.45) is 1.59. The fraction of sp³-hybridized carbons (Fsp3) is 0.182. The quantitative estimate of drug-likeness (QED) is 0.938. The molecule has 0 radical (unpaired) electrons. The molecule has 2 rings (SSSR count). The first kappa shape index (κ1) is 11.3.